The van der Waals surface area contributed by atoms with E-state index in [1.807, 2.05) is 0 Å². The summed E-state index contributed by atoms with van der Waals surface area (Å²) >= 11 is 6.53. The zero-order chi connectivity index (χ0) is 25.0. The third-order valence-corrected chi connectivity index (χ3v) is 9.80. The van der Waals surface area contributed by atoms with Gasteiger partial charge in [0.15, 0.2) is 5.78 Å². The number of rotatable bonds is 5. The second-order valence-electron chi connectivity index (χ2n) is 11.7. The molecule has 2 saturated carbocycles. The Kier molecular flexibility index (Phi) is 7.05. The fourth-order valence-electron chi connectivity index (χ4n) is 7.65. The van der Waals surface area contributed by atoms with Gasteiger partial charge < -0.3 is 25.6 Å². The van der Waals surface area contributed by atoms with Crippen LogP contribution >= 0.6 is 11.6 Å². The standard InChI is InChI=1S/C26H39ClFN5O3/c27-15-3-4-20-21(11-15)36-25-22-17(12-19(28)23(25)32-9-5-16(29)13-32)24(34)18(14-33(20)22)26(35)30-6-10-31-7-1-2-8-31/h14-17,19-23,25H,1-13,29H2,(H,30,35). The molecule has 4 aliphatic heterocycles. The summed E-state index contributed by atoms with van der Waals surface area (Å²) in [5, 5.41) is 2.98. The molecule has 10 heteroatoms. The predicted octanol–water partition coefficient (Wildman–Crippen LogP) is 1.02. The van der Waals surface area contributed by atoms with Crippen molar-refractivity contribution >= 4 is 23.3 Å². The van der Waals surface area contributed by atoms with Gasteiger partial charge in [-0.05, 0) is 58.0 Å². The highest BCUT2D eigenvalue weighted by Gasteiger charge is 2.60. The summed E-state index contributed by atoms with van der Waals surface area (Å²) in [6.07, 6.45) is 5.70. The van der Waals surface area contributed by atoms with Gasteiger partial charge in [-0.25, -0.2) is 4.39 Å². The van der Waals surface area contributed by atoms with Gasteiger partial charge in [-0.15, -0.1) is 11.6 Å². The van der Waals surface area contributed by atoms with Crippen molar-refractivity contribution in [2.75, 3.05) is 39.3 Å². The Balaban J connectivity index is 1.27. The van der Waals surface area contributed by atoms with Crippen LogP contribution in [-0.2, 0) is 14.3 Å². The monoisotopic (exact) mass is 523 g/mol. The van der Waals surface area contributed by atoms with E-state index in [1.165, 1.54) is 12.8 Å². The Hall–Kier alpha value is -1.26. The molecule has 3 N–H and O–H groups in total. The number of amides is 1. The van der Waals surface area contributed by atoms with Gasteiger partial charge in [0.25, 0.3) is 5.91 Å². The highest BCUT2D eigenvalue weighted by molar-refractivity contribution is 6.21. The van der Waals surface area contributed by atoms with E-state index in [-0.39, 0.29) is 53.3 Å². The molecule has 1 amide bonds. The molecule has 0 aromatic carbocycles. The van der Waals surface area contributed by atoms with Crippen LogP contribution in [0.2, 0.25) is 0 Å². The highest BCUT2D eigenvalue weighted by atomic mass is 35.5. The first kappa shape index (κ1) is 25.0. The zero-order valence-electron chi connectivity index (χ0n) is 20.9. The van der Waals surface area contributed by atoms with Gasteiger partial charge in [-0.3, -0.25) is 14.5 Å². The van der Waals surface area contributed by atoms with E-state index in [1.54, 1.807) is 6.20 Å². The maximum atomic E-state index is 15.9. The summed E-state index contributed by atoms with van der Waals surface area (Å²) in [4.78, 5) is 33.5. The van der Waals surface area contributed by atoms with E-state index in [2.05, 4.69) is 20.0 Å². The summed E-state index contributed by atoms with van der Waals surface area (Å²) in [5.74, 6) is -1.17. The third kappa shape index (κ3) is 4.49. The first-order chi connectivity index (χ1) is 17.4. The van der Waals surface area contributed by atoms with Crippen molar-refractivity contribution in [2.45, 2.75) is 92.9 Å². The molecule has 9 atom stereocenters. The normalized spacial score (nSPS) is 43.2. The van der Waals surface area contributed by atoms with E-state index in [0.717, 1.165) is 45.4 Å². The number of likely N-dealkylation sites (tertiary alicyclic amines) is 2. The lowest BCUT2D eigenvalue weighted by atomic mass is 9.69. The number of ketones is 1. The molecule has 0 bridgehead atoms. The molecule has 200 valence electrons. The van der Waals surface area contributed by atoms with E-state index < -0.39 is 24.2 Å². The van der Waals surface area contributed by atoms with Crippen LogP contribution in [0.5, 0.6) is 0 Å². The smallest absolute Gasteiger partial charge is 0.256 e. The number of nitrogens with one attached hydrogen (secondary N) is 1. The molecule has 5 fully saturated rings. The molecule has 6 aliphatic rings. The SMILES string of the molecule is NC1CCN(C2C(F)CC3C(=O)C(C(=O)NCCN4CCCC4)=CN4C5CCC(Cl)CC5OC2C34)C1. The van der Waals surface area contributed by atoms with Crippen LogP contribution in [-0.4, -0.2) is 114 Å². The van der Waals surface area contributed by atoms with Gasteiger partial charge in [0, 0.05) is 49.7 Å². The minimum Gasteiger partial charge on any atom is -0.369 e. The van der Waals surface area contributed by atoms with Crippen molar-refractivity contribution in [1.82, 2.24) is 20.0 Å². The first-order valence-corrected chi connectivity index (χ1v) is 14.3. The topological polar surface area (TPSA) is 91.1 Å². The largest absolute Gasteiger partial charge is 0.369 e. The van der Waals surface area contributed by atoms with Crippen molar-refractivity contribution in [3.63, 3.8) is 0 Å². The third-order valence-electron chi connectivity index (χ3n) is 9.40. The summed E-state index contributed by atoms with van der Waals surface area (Å²) in [7, 11) is 0. The molecule has 6 rings (SSSR count). The minimum atomic E-state index is -1.21. The molecule has 9 unspecified atom stereocenters. The second-order valence-corrected chi connectivity index (χ2v) is 12.3. The van der Waals surface area contributed by atoms with E-state index >= 15 is 4.39 Å². The van der Waals surface area contributed by atoms with E-state index in [0.29, 0.717) is 19.5 Å². The Morgan fingerprint density at radius 2 is 1.97 bits per heavy atom. The van der Waals surface area contributed by atoms with Gasteiger partial charge >= 0.3 is 0 Å². The van der Waals surface area contributed by atoms with Crippen LogP contribution in [0, 0.1) is 5.92 Å². The van der Waals surface area contributed by atoms with Crippen LogP contribution in [0.4, 0.5) is 4.39 Å². The number of morpholine rings is 1. The zero-order valence-corrected chi connectivity index (χ0v) is 21.6. The lowest BCUT2D eigenvalue weighted by molar-refractivity contribution is -0.209. The quantitative estimate of drug-likeness (QED) is 0.411. The number of hydrogen-bond donors (Lipinski definition) is 2. The summed E-state index contributed by atoms with van der Waals surface area (Å²) in [6.45, 7) is 4.79. The Bertz CT molecular complexity index is 901. The lowest BCUT2D eigenvalue weighted by Gasteiger charge is -2.60. The predicted molar refractivity (Wildman–Crippen MR) is 134 cm³/mol. The first-order valence-electron chi connectivity index (χ1n) is 13.9. The van der Waals surface area contributed by atoms with Crippen molar-refractivity contribution in [1.29, 1.82) is 0 Å². The molecule has 3 saturated heterocycles. The van der Waals surface area contributed by atoms with Gasteiger partial charge in [-0.1, -0.05) is 0 Å². The van der Waals surface area contributed by atoms with Crippen molar-refractivity contribution in [2.24, 2.45) is 11.7 Å². The molecular formula is C26H39ClFN5O3. The fraction of sp³-hybridized carbons (Fsp3) is 0.846. The maximum absolute atomic E-state index is 15.9. The van der Waals surface area contributed by atoms with Gasteiger partial charge in [0.05, 0.1) is 35.9 Å². The number of nitrogens with two attached hydrogens (primary N) is 1. The van der Waals surface area contributed by atoms with Crippen LogP contribution in [0.3, 0.4) is 0 Å². The molecule has 36 heavy (non-hydrogen) atoms. The maximum Gasteiger partial charge on any atom is 0.256 e. The Morgan fingerprint density at radius 1 is 1.17 bits per heavy atom. The Morgan fingerprint density at radius 3 is 2.72 bits per heavy atom. The molecule has 0 radical (unpaired) electrons. The summed E-state index contributed by atoms with van der Waals surface area (Å²) < 4.78 is 22.5. The van der Waals surface area contributed by atoms with E-state index in [9.17, 15) is 9.59 Å². The number of fused-ring (bicyclic) bond motifs is 2. The number of Topliss-reactive ketones (excluding diaryl/α,β-unsaturated/α-hetero) is 1. The van der Waals surface area contributed by atoms with Gasteiger partial charge in [0.1, 0.15) is 6.17 Å². The van der Waals surface area contributed by atoms with Crippen LogP contribution in [0.25, 0.3) is 0 Å². The van der Waals surface area contributed by atoms with Crippen molar-refractivity contribution < 1.29 is 18.7 Å². The molecule has 4 heterocycles. The number of halogens is 2. The molecule has 8 nitrogen and oxygen atoms in total. The highest BCUT2D eigenvalue weighted by Crippen LogP contribution is 2.47. The Labute approximate surface area is 217 Å². The second kappa shape index (κ2) is 10.1. The minimum absolute atomic E-state index is 0.0192. The van der Waals surface area contributed by atoms with Crippen molar-refractivity contribution in [3.8, 4) is 0 Å². The van der Waals surface area contributed by atoms with E-state index in [4.69, 9.17) is 22.1 Å². The molecular weight excluding hydrogens is 485 g/mol. The van der Waals surface area contributed by atoms with Crippen LogP contribution in [0.15, 0.2) is 11.8 Å². The molecule has 0 spiro atoms. The average molecular weight is 524 g/mol. The number of hydrogen-bond acceptors (Lipinski definition) is 7. The molecule has 2 aliphatic carbocycles. The average Bonchev–Trinajstić information content (AvgIpc) is 3.52. The number of carbonyl (C=O) groups excluding carboxylic acids is 2. The number of nitrogens with zero attached hydrogens (tertiary/aromatic N) is 3. The lowest BCUT2D eigenvalue weighted by Crippen LogP contribution is -2.73. The fourth-order valence-corrected chi connectivity index (χ4v) is 7.95. The number of ether oxygens (including phenoxy) is 1. The summed E-state index contributed by atoms with van der Waals surface area (Å²) in [5.41, 5.74) is 6.34. The molecule has 0 aromatic rings. The molecule has 0 aromatic heterocycles. The number of alkyl halides is 2. The summed E-state index contributed by atoms with van der Waals surface area (Å²) in [6, 6.07) is -0.619. The van der Waals surface area contributed by atoms with Gasteiger partial charge in [-0.2, -0.15) is 0 Å². The van der Waals surface area contributed by atoms with Crippen LogP contribution < -0.4 is 11.1 Å². The van der Waals surface area contributed by atoms with Crippen LogP contribution in [0.1, 0.15) is 44.9 Å². The number of carbonyl (C=O) groups is 2. The van der Waals surface area contributed by atoms with Gasteiger partial charge in [0.2, 0.25) is 0 Å². The van der Waals surface area contributed by atoms with Crippen molar-refractivity contribution in [3.05, 3.63) is 11.8 Å².